The summed E-state index contributed by atoms with van der Waals surface area (Å²) in [7, 11) is -3.75. The third-order valence-corrected chi connectivity index (χ3v) is 6.89. The molecule has 1 aromatic heterocycles. The molecule has 2 heterocycles. The molecule has 0 aliphatic carbocycles. The number of hydrogen-bond acceptors (Lipinski definition) is 6. The smallest absolute Gasteiger partial charge is 0.338 e. The molecule has 0 spiro atoms. The predicted molar refractivity (Wildman–Crippen MR) is 103 cm³/mol. The average Bonchev–Trinajstić information content (AvgIpc) is 3.36. The summed E-state index contributed by atoms with van der Waals surface area (Å²) in [5.41, 5.74) is 1.36. The zero-order valence-electron chi connectivity index (χ0n) is 14.8. The normalized spacial score (nSPS) is 15.2. The number of oxazole rings is 1. The van der Waals surface area contributed by atoms with Gasteiger partial charge in [0.1, 0.15) is 10.4 Å². The Morgan fingerprint density at radius 1 is 1.18 bits per heavy atom. The van der Waals surface area contributed by atoms with E-state index in [4.69, 9.17) is 20.8 Å². The highest BCUT2D eigenvalue weighted by atomic mass is 35.5. The Bertz CT molecular complexity index is 1100. The number of hydrogen-bond donors (Lipinski definition) is 0. The monoisotopic (exact) mass is 420 g/mol. The zero-order chi connectivity index (χ0) is 19.7. The molecule has 0 atom stereocenters. The maximum atomic E-state index is 12.8. The first-order valence-electron chi connectivity index (χ1n) is 8.76. The van der Waals surface area contributed by atoms with Gasteiger partial charge < -0.3 is 9.15 Å². The third-order valence-electron chi connectivity index (χ3n) is 4.51. The van der Waals surface area contributed by atoms with E-state index < -0.39 is 16.0 Å². The van der Waals surface area contributed by atoms with Crippen LogP contribution < -0.4 is 0 Å². The van der Waals surface area contributed by atoms with E-state index >= 15 is 0 Å². The summed E-state index contributed by atoms with van der Waals surface area (Å²) in [6, 6.07) is 11.3. The molecule has 9 heteroatoms. The summed E-state index contributed by atoms with van der Waals surface area (Å²) < 4.78 is 37.7. The summed E-state index contributed by atoms with van der Waals surface area (Å²) in [5, 5.41) is 0.0717. The van der Waals surface area contributed by atoms with Gasteiger partial charge in [0.2, 0.25) is 15.9 Å². The molecule has 0 N–H and O–H groups in total. The van der Waals surface area contributed by atoms with Gasteiger partial charge in [0.15, 0.2) is 12.2 Å². The van der Waals surface area contributed by atoms with Crippen molar-refractivity contribution in [1.82, 2.24) is 9.29 Å². The van der Waals surface area contributed by atoms with Gasteiger partial charge in [-0.3, -0.25) is 0 Å². The maximum Gasteiger partial charge on any atom is 0.338 e. The summed E-state index contributed by atoms with van der Waals surface area (Å²) in [4.78, 5) is 16.5. The molecule has 4 rings (SSSR count). The van der Waals surface area contributed by atoms with E-state index in [-0.39, 0.29) is 28.0 Å². The lowest BCUT2D eigenvalue weighted by molar-refractivity contribution is 0.0440. The number of sulfonamides is 1. The van der Waals surface area contributed by atoms with Gasteiger partial charge in [-0.2, -0.15) is 4.31 Å². The molecule has 1 aliphatic heterocycles. The lowest BCUT2D eigenvalue weighted by atomic mass is 10.2. The second-order valence-corrected chi connectivity index (χ2v) is 8.72. The molecular weight excluding hydrogens is 404 g/mol. The predicted octanol–water partition coefficient (Wildman–Crippen LogP) is 3.62. The number of carbonyl (C=O) groups excluding carboxylic acids is 1. The zero-order valence-corrected chi connectivity index (χ0v) is 16.4. The van der Waals surface area contributed by atoms with E-state index in [0.717, 1.165) is 12.8 Å². The number of esters is 1. The van der Waals surface area contributed by atoms with Crippen molar-refractivity contribution in [2.75, 3.05) is 13.1 Å². The van der Waals surface area contributed by atoms with Crippen molar-refractivity contribution in [2.45, 2.75) is 24.3 Å². The van der Waals surface area contributed by atoms with E-state index in [9.17, 15) is 13.2 Å². The largest absolute Gasteiger partial charge is 0.452 e. The first-order chi connectivity index (χ1) is 13.4. The van der Waals surface area contributed by atoms with Crippen molar-refractivity contribution in [3.05, 3.63) is 58.9 Å². The first-order valence-corrected chi connectivity index (χ1v) is 10.6. The fourth-order valence-corrected chi connectivity index (χ4v) is 5.11. The van der Waals surface area contributed by atoms with Gasteiger partial charge in [0, 0.05) is 13.1 Å². The number of carbonyl (C=O) groups is 1. The van der Waals surface area contributed by atoms with Crippen LogP contribution in [0.4, 0.5) is 0 Å². The van der Waals surface area contributed by atoms with Crippen LogP contribution in [0, 0.1) is 0 Å². The van der Waals surface area contributed by atoms with Crippen molar-refractivity contribution in [1.29, 1.82) is 0 Å². The van der Waals surface area contributed by atoms with E-state index in [1.165, 1.54) is 22.5 Å². The number of halogens is 1. The Morgan fingerprint density at radius 2 is 1.93 bits per heavy atom. The summed E-state index contributed by atoms with van der Waals surface area (Å²) in [5.74, 6) is -0.426. The highest BCUT2D eigenvalue weighted by molar-refractivity contribution is 7.89. The minimum Gasteiger partial charge on any atom is -0.452 e. The quantitative estimate of drug-likeness (QED) is 0.585. The van der Waals surface area contributed by atoms with E-state index in [0.29, 0.717) is 24.2 Å². The molecule has 0 radical (unpaired) electrons. The number of fused-ring (bicyclic) bond motifs is 1. The van der Waals surface area contributed by atoms with Crippen LogP contribution in [-0.2, 0) is 21.4 Å². The molecule has 2 aromatic carbocycles. The minimum atomic E-state index is -3.75. The SMILES string of the molecule is O=C(OCc1nc2ccccc2o1)c1ccc(Cl)c(S(=O)(=O)N2CCCC2)c1. The Morgan fingerprint density at radius 3 is 2.68 bits per heavy atom. The van der Waals surface area contributed by atoms with Gasteiger partial charge in [-0.1, -0.05) is 23.7 Å². The Kier molecular flexibility index (Phi) is 5.09. The molecule has 1 fully saturated rings. The average molecular weight is 421 g/mol. The van der Waals surface area contributed by atoms with E-state index in [1.807, 2.05) is 12.1 Å². The molecule has 3 aromatic rings. The molecule has 0 saturated carbocycles. The van der Waals surface area contributed by atoms with E-state index in [1.54, 1.807) is 12.1 Å². The van der Waals surface area contributed by atoms with Crippen molar-refractivity contribution in [3.8, 4) is 0 Å². The molecule has 146 valence electrons. The molecular formula is C19H17ClN2O5S. The van der Waals surface area contributed by atoms with E-state index in [2.05, 4.69) is 4.98 Å². The highest BCUT2D eigenvalue weighted by Crippen LogP contribution is 2.28. The lowest BCUT2D eigenvalue weighted by Gasteiger charge is -2.17. The molecule has 1 saturated heterocycles. The Balaban J connectivity index is 1.53. The number of nitrogens with zero attached hydrogens (tertiary/aromatic N) is 2. The topological polar surface area (TPSA) is 89.7 Å². The first kappa shape index (κ1) is 18.9. The van der Waals surface area contributed by atoms with Crippen LogP contribution in [0.2, 0.25) is 5.02 Å². The molecule has 0 amide bonds. The third kappa shape index (κ3) is 3.63. The van der Waals surface area contributed by atoms with Gasteiger partial charge in [0.25, 0.3) is 0 Å². The molecule has 0 unspecified atom stereocenters. The summed E-state index contributed by atoms with van der Waals surface area (Å²) in [6.45, 7) is 0.737. The molecule has 1 aliphatic rings. The van der Waals surface area contributed by atoms with Crippen LogP contribution in [0.1, 0.15) is 29.1 Å². The van der Waals surface area contributed by atoms with Crippen LogP contribution in [0.15, 0.2) is 51.8 Å². The molecule has 7 nitrogen and oxygen atoms in total. The number of rotatable bonds is 5. The fraction of sp³-hybridized carbons (Fsp3) is 0.263. The van der Waals surface area contributed by atoms with Gasteiger partial charge in [0.05, 0.1) is 10.6 Å². The Labute approximate surface area is 166 Å². The number of aromatic nitrogens is 1. The van der Waals surface area contributed by atoms with Crippen molar-refractivity contribution >= 4 is 38.7 Å². The van der Waals surface area contributed by atoms with Gasteiger partial charge in [-0.25, -0.2) is 18.2 Å². The minimum absolute atomic E-state index is 0.0717. The second kappa shape index (κ2) is 7.54. The lowest BCUT2D eigenvalue weighted by Crippen LogP contribution is -2.28. The van der Waals surface area contributed by atoms with Crippen LogP contribution in [0.3, 0.4) is 0 Å². The number of benzene rings is 2. The van der Waals surface area contributed by atoms with Crippen molar-refractivity contribution in [3.63, 3.8) is 0 Å². The van der Waals surface area contributed by atoms with Gasteiger partial charge >= 0.3 is 5.97 Å². The van der Waals surface area contributed by atoms with Gasteiger partial charge in [-0.15, -0.1) is 0 Å². The number of ether oxygens (including phenoxy) is 1. The summed E-state index contributed by atoms with van der Waals surface area (Å²) >= 11 is 6.10. The van der Waals surface area contributed by atoms with Gasteiger partial charge in [-0.05, 0) is 43.2 Å². The number of para-hydroxylation sites is 2. The Hall–Kier alpha value is -2.42. The summed E-state index contributed by atoms with van der Waals surface area (Å²) in [6.07, 6.45) is 1.62. The molecule has 0 bridgehead atoms. The van der Waals surface area contributed by atoms with Crippen LogP contribution >= 0.6 is 11.6 Å². The maximum absolute atomic E-state index is 12.8. The van der Waals surface area contributed by atoms with Crippen LogP contribution in [0.25, 0.3) is 11.1 Å². The van der Waals surface area contributed by atoms with Crippen molar-refractivity contribution in [2.24, 2.45) is 0 Å². The molecule has 28 heavy (non-hydrogen) atoms. The standard InChI is InChI=1S/C19H17ClN2O5S/c20-14-8-7-13(11-17(14)28(24,25)22-9-3-4-10-22)19(23)26-12-18-21-15-5-1-2-6-16(15)27-18/h1-2,5-8,11H,3-4,9-10,12H2. The fourth-order valence-electron chi connectivity index (χ4n) is 3.09. The highest BCUT2D eigenvalue weighted by Gasteiger charge is 2.30. The van der Waals surface area contributed by atoms with Crippen molar-refractivity contribution < 1.29 is 22.4 Å². The van der Waals surface area contributed by atoms with Crippen LogP contribution in [0.5, 0.6) is 0 Å². The van der Waals surface area contributed by atoms with Crippen LogP contribution in [-0.4, -0.2) is 36.8 Å². The second-order valence-electron chi connectivity index (χ2n) is 6.41.